The lowest BCUT2D eigenvalue weighted by molar-refractivity contribution is 1.28. The average molecular weight is 263 g/mol. The molecule has 0 saturated carbocycles. The van der Waals surface area contributed by atoms with Crippen molar-refractivity contribution in [1.29, 1.82) is 0 Å². The maximum Gasteiger partial charge on any atom is 0.0633 e. The third kappa shape index (κ3) is 2.54. The van der Waals surface area contributed by atoms with Crippen LogP contribution in [-0.4, -0.2) is 0 Å². The van der Waals surface area contributed by atoms with Crippen LogP contribution < -0.4 is 0 Å². The number of allylic oxidation sites excluding steroid dienone is 1. The minimum absolute atomic E-state index is 0.586. The van der Waals surface area contributed by atoms with Gasteiger partial charge < -0.3 is 0 Å². The van der Waals surface area contributed by atoms with E-state index in [0.717, 1.165) is 16.7 Å². The van der Waals surface area contributed by atoms with Gasteiger partial charge in [-0.25, -0.2) is 0 Å². The summed E-state index contributed by atoms with van der Waals surface area (Å²) in [6.07, 6.45) is 2.55. The van der Waals surface area contributed by atoms with Crippen LogP contribution in [0.3, 0.4) is 0 Å². The minimum atomic E-state index is 0.586. The average Bonchev–Trinajstić information content (AvgIpc) is 2.36. The van der Waals surface area contributed by atoms with E-state index in [1.54, 1.807) is 0 Å². The van der Waals surface area contributed by atoms with E-state index in [-0.39, 0.29) is 0 Å². The third-order valence-electron chi connectivity index (χ3n) is 2.63. The first-order valence-electron chi connectivity index (χ1n) is 5.37. The summed E-state index contributed by atoms with van der Waals surface area (Å²) in [7, 11) is 0. The fraction of sp³-hybridized carbons (Fsp3) is 0.0667. The van der Waals surface area contributed by atoms with E-state index < -0.39 is 0 Å². The fourth-order valence-electron chi connectivity index (χ4n) is 1.82. The molecule has 0 aliphatic carbocycles. The molecular formula is C15H12Cl2. The Morgan fingerprint density at radius 3 is 2.35 bits per heavy atom. The van der Waals surface area contributed by atoms with E-state index in [1.165, 1.54) is 0 Å². The molecule has 0 radical (unpaired) electrons. The zero-order chi connectivity index (χ0) is 12.3. The van der Waals surface area contributed by atoms with Crippen molar-refractivity contribution in [3.05, 3.63) is 70.7 Å². The Bertz CT molecular complexity index is 530. The highest BCUT2D eigenvalue weighted by Crippen LogP contribution is 2.34. The first-order valence-corrected chi connectivity index (χ1v) is 6.13. The Morgan fingerprint density at radius 1 is 1.00 bits per heavy atom. The molecule has 17 heavy (non-hydrogen) atoms. The Kier molecular flexibility index (Phi) is 3.88. The SMILES string of the molecule is C=CCc1c(-c2ccccc2)ccc(Cl)c1Cl. The summed E-state index contributed by atoms with van der Waals surface area (Å²) in [5.74, 6) is 0. The van der Waals surface area contributed by atoms with E-state index in [9.17, 15) is 0 Å². The largest absolute Gasteiger partial charge is 0.103 e. The highest BCUT2D eigenvalue weighted by atomic mass is 35.5. The van der Waals surface area contributed by atoms with Gasteiger partial charge in [0.05, 0.1) is 10.0 Å². The quantitative estimate of drug-likeness (QED) is 0.651. The van der Waals surface area contributed by atoms with Crippen molar-refractivity contribution in [2.24, 2.45) is 0 Å². The number of hydrogen-bond donors (Lipinski definition) is 0. The Morgan fingerprint density at radius 2 is 1.71 bits per heavy atom. The van der Waals surface area contributed by atoms with E-state index in [0.29, 0.717) is 16.5 Å². The summed E-state index contributed by atoms with van der Waals surface area (Å²) >= 11 is 12.3. The van der Waals surface area contributed by atoms with Crippen molar-refractivity contribution in [3.63, 3.8) is 0 Å². The van der Waals surface area contributed by atoms with Crippen LogP contribution in [0, 0.1) is 0 Å². The second-order valence-corrected chi connectivity index (χ2v) is 4.53. The highest BCUT2D eigenvalue weighted by Gasteiger charge is 2.10. The summed E-state index contributed by atoms with van der Waals surface area (Å²) in [6, 6.07) is 14.0. The molecular weight excluding hydrogens is 251 g/mol. The van der Waals surface area contributed by atoms with Crippen molar-refractivity contribution in [2.45, 2.75) is 6.42 Å². The van der Waals surface area contributed by atoms with Gasteiger partial charge in [-0.2, -0.15) is 0 Å². The van der Waals surface area contributed by atoms with Gasteiger partial charge in [-0.15, -0.1) is 6.58 Å². The molecule has 0 amide bonds. The number of rotatable bonds is 3. The predicted octanol–water partition coefficient (Wildman–Crippen LogP) is 5.39. The Labute approximate surface area is 112 Å². The monoisotopic (exact) mass is 262 g/mol. The van der Waals surface area contributed by atoms with Crippen LogP contribution in [0.15, 0.2) is 55.1 Å². The van der Waals surface area contributed by atoms with Gasteiger partial charge in [0.1, 0.15) is 0 Å². The van der Waals surface area contributed by atoms with Gasteiger partial charge in [0.25, 0.3) is 0 Å². The molecule has 0 nitrogen and oxygen atoms in total. The number of halogens is 2. The second-order valence-electron chi connectivity index (χ2n) is 3.75. The van der Waals surface area contributed by atoms with Gasteiger partial charge >= 0.3 is 0 Å². The Hall–Kier alpha value is -1.24. The molecule has 0 aliphatic rings. The molecule has 2 rings (SSSR count). The molecule has 0 aliphatic heterocycles. The molecule has 0 bridgehead atoms. The van der Waals surface area contributed by atoms with Crippen LogP contribution in [0.4, 0.5) is 0 Å². The molecule has 0 fully saturated rings. The topological polar surface area (TPSA) is 0 Å². The van der Waals surface area contributed by atoms with Gasteiger partial charge in [-0.05, 0) is 29.2 Å². The molecule has 0 spiro atoms. The molecule has 0 atom stereocenters. The summed E-state index contributed by atoms with van der Waals surface area (Å²) in [6.45, 7) is 3.76. The molecule has 86 valence electrons. The number of benzene rings is 2. The van der Waals surface area contributed by atoms with Crippen molar-refractivity contribution >= 4 is 23.2 Å². The van der Waals surface area contributed by atoms with Crippen LogP contribution >= 0.6 is 23.2 Å². The molecule has 0 N–H and O–H groups in total. The Balaban J connectivity index is 2.61. The first-order chi connectivity index (χ1) is 8.24. The molecule has 2 aromatic rings. The smallest absolute Gasteiger partial charge is 0.0633 e. The van der Waals surface area contributed by atoms with Crippen LogP contribution in [0.5, 0.6) is 0 Å². The van der Waals surface area contributed by atoms with Crippen LogP contribution in [-0.2, 0) is 6.42 Å². The number of hydrogen-bond acceptors (Lipinski definition) is 0. The summed E-state index contributed by atoms with van der Waals surface area (Å²) in [5, 5.41) is 1.20. The van der Waals surface area contributed by atoms with Gasteiger partial charge in [-0.3, -0.25) is 0 Å². The van der Waals surface area contributed by atoms with Gasteiger partial charge in [-0.1, -0.05) is 65.7 Å². The molecule has 0 heterocycles. The zero-order valence-electron chi connectivity index (χ0n) is 9.29. The molecule has 2 aromatic carbocycles. The zero-order valence-corrected chi connectivity index (χ0v) is 10.8. The minimum Gasteiger partial charge on any atom is -0.103 e. The lowest BCUT2D eigenvalue weighted by Gasteiger charge is -2.11. The maximum atomic E-state index is 6.25. The van der Waals surface area contributed by atoms with Crippen molar-refractivity contribution in [3.8, 4) is 11.1 Å². The third-order valence-corrected chi connectivity index (χ3v) is 3.47. The standard InChI is InChI=1S/C15H12Cl2/c1-2-6-13-12(9-10-14(16)15(13)17)11-7-4-3-5-8-11/h2-5,7-10H,1,6H2. The first kappa shape index (κ1) is 12.2. The van der Waals surface area contributed by atoms with Crippen LogP contribution in [0.25, 0.3) is 11.1 Å². The van der Waals surface area contributed by atoms with Gasteiger partial charge in [0.15, 0.2) is 0 Å². The summed E-state index contributed by atoms with van der Waals surface area (Å²) < 4.78 is 0. The second kappa shape index (κ2) is 5.39. The summed E-state index contributed by atoms with van der Waals surface area (Å²) in [5.41, 5.74) is 3.28. The fourth-order valence-corrected chi connectivity index (χ4v) is 2.24. The molecule has 0 aromatic heterocycles. The van der Waals surface area contributed by atoms with Gasteiger partial charge in [0, 0.05) is 0 Å². The molecule has 0 saturated heterocycles. The van der Waals surface area contributed by atoms with E-state index in [4.69, 9.17) is 23.2 Å². The highest BCUT2D eigenvalue weighted by molar-refractivity contribution is 6.42. The lowest BCUT2D eigenvalue weighted by Crippen LogP contribution is -1.90. The lowest BCUT2D eigenvalue weighted by atomic mass is 9.97. The van der Waals surface area contributed by atoms with E-state index in [2.05, 4.69) is 18.7 Å². The molecule has 0 unspecified atom stereocenters. The van der Waals surface area contributed by atoms with Crippen LogP contribution in [0.2, 0.25) is 10.0 Å². The normalized spacial score (nSPS) is 10.2. The van der Waals surface area contributed by atoms with Crippen LogP contribution in [0.1, 0.15) is 5.56 Å². The van der Waals surface area contributed by atoms with E-state index >= 15 is 0 Å². The molecule has 2 heteroatoms. The van der Waals surface area contributed by atoms with Crippen molar-refractivity contribution in [2.75, 3.05) is 0 Å². The maximum absolute atomic E-state index is 6.25. The van der Waals surface area contributed by atoms with Crippen molar-refractivity contribution < 1.29 is 0 Å². The van der Waals surface area contributed by atoms with Gasteiger partial charge in [0.2, 0.25) is 0 Å². The predicted molar refractivity (Wildman–Crippen MR) is 75.8 cm³/mol. The van der Waals surface area contributed by atoms with E-state index in [1.807, 2.05) is 36.4 Å². The summed E-state index contributed by atoms with van der Waals surface area (Å²) in [4.78, 5) is 0. The van der Waals surface area contributed by atoms with Crippen molar-refractivity contribution in [1.82, 2.24) is 0 Å².